The van der Waals surface area contributed by atoms with E-state index in [9.17, 15) is 14.4 Å². The number of fused-ring (bicyclic) bond motifs is 7. The summed E-state index contributed by atoms with van der Waals surface area (Å²) in [5.74, 6) is 0.0239. The molecule has 0 atom stereocenters. The van der Waals surface area contributed by atoms with E-state index in [1.807, 2.05) is 67.2 Å². The van der Waals surface area contributed by atoms with Gasteiger partial charge >= 0.3 is 0 Å². The second-order valence-electron chi connectivity index (χ2n) is 16.1. The second-order valence-corrected chi connectivity index (χ2v) is 17.5. The molecule has 16 heteroatoms. The van der Waals surface area contributed by atoms with Gasteiger partial charge in [-0.3, -0.25) is 34.2 Å². The molecule has 0 spiro atoms. The molecule has 0 saturated carbocycles. The highest BCUT2D eigenvalue weighted by Crippen LogP contribution is 2.42. The van der Waals surface area contributed by atoms with E-state index in [4.69, 9.17) is 22.3 Å². The van der Waals surface area contributed by atoms with Gasteiger partial charge in [-0.2, -0.15) is 5.01 Å². The number of hydrazine groups is 1. The van der Waals surface area contributed by atoms with Crippen LogP contribution in [0.4, 0.5) is 11.5 Å². The molecule has 0 bridgehead atoms. The first-order chi connectivity index (χ1) is 32.5. The van der Waals surface area contributed by atoms with Gasteiger partial charge in [-0.05, 0) is 140 Å². The summed E-state index contributed by atoms with van der Waals surface area (Å²) < 4.78 is 2.20. The fourth-order valence-electron chi connectivity index (χ4n) is 8.13. The van der Waals surface area contributed by atoms with Crippen molar-refractivity contribution in [1.29, 1.82) is 0 Å². The topological polar surface area (TPSA) is 186 Å². The summed E-state index contributed by atoms with van der Waals surface area (Å²) in [5.41, 5.74) is 22.7. The third kappa shape index (κ3) is 9.12. The number of hydrogen-bond acceptors (Lipinski definition) is 12. The number of halogens is 1. The van der Waals surface area contributed by atoms with Gasteiger partial charge in [0.05, 0.1) is 32.7 Å². The molecule has 9 aromatic rings. The molecular weight excluding hydrogens is 882 g/mol. The number of nitrogens with one attached hydrogen (secondary N) is 2. The number of amides is 3. The molecule has 0 radical (unpaired) electrons. The van der Waals surface area contributed by atoms with Crippen LogP contribution in [0.15, 0.2) is 127 Å². The molecule has 67 heavy (non-hydrogen) atoms. The lowest BCUT2D eigenvalue weighted by Gasteiger charge is -2.18. The Morgan fingerprint density at radius 1 is 0.866 bits per heavy atom. The summed E-state index contributed by atoms with van der Waals surface area (Å²) in [6, 6.07) is 25.1. The summed E-state index contributed by atoms with van der Waals surface area (Å²) in [5, 5.41) is 7.27. The number of carbonyl (C=O) groups excluding carboxylic acids is 3. The van der Waals surface area contributed by atoms with Gasteiger partial charge in [-0.15, -0.1) is 11.3 Å². The Balaban J connectivity index is 0.000000127. The maximum atomic E-state index is 12.4. The number of pyridine rings is 2. The second kappa shape index (κ2) is 19.0. The maximum absolute atomic E-state index is 12.4. The fourth-order valence-corrected chi connectivity index (χ4v) is 9.00. The summed E-state index contributed by atoms with van der Waals surface area (Å²) >= 11 is 7.78. The van der Waals surface area contributed by atoms with Crippen LogP contribution < -0.4 is 16.5 Å². The summed E-state index contributed by atoms with van der Waals surface area (Å²) in [6.45, 7) is 8.41. The van der Waals surface area contributed by atoms with Gasteiger partial charge in [0.15, 0.2) is 17.3 Å². The number of thiophene rings is 1. The SMILES string of the molecule is CC1=CC(=O)N(Nc2nc(-c3cccs3)nc3cccc(C)c23)C1=O.Cc1ccc2nc(CCCN)c3ncc(C)n3c2c1.O=C(Nc1cc(Cl)cc2c1Cc1cnccc1-2)c1cccnc1. The van der Waals surface area contributed by atoms with E-state index >= 15 is 0 Å². The molecule has 11 rings (SSSR count). The number of aromatic nitrogens is 7. The average molecular weight is 927 g/mol. The first kappa shape index (κ1) is 44.5. The zero-order valence-corrected chi connectivity index (χ0v) is 38.6. The van der Waals surface area contributed by atoms with Crippen molar-refractivity contribution in [2.45, 2.75) is 47.0 Å². The molecule has 0 fully saturated rings. The third-order valence-electron chi connectivity index (χ3n) is 11.4. The molecule has 7 heterocycles. The predicted octanol–water partition coefficient (Wildman–Crippen LogP) is 9.65. The molecule has 334 valence electrons. The highest BCUT2D eigenvalue weighted by Gasteiger charge is 2.30. The molecule has 14 nitrogen and oxygen atoms in total. The quantitative estimate of drug-likeness (QED) is 0.123. The van der Waals surface area contributed by atoms with Gasteiger partial charge in [0.25, 0.3) is 17.7 Å². The number of anilines is 2. The largest absolute Gasteiger partial charge is 0.330 e. The Labute approximate surface area is 394 Å². The van der Waals surface area contributed by atoms with Crippen molar-refractivity contribution in [3.05, 3.63) is 171 Å². The van der Waals surface area contributed by atoms with Gasteiger partial charge in [0.1, 0.15) is 0 Å². The lowest BCUT2D eigenvalue weighted by atomic mass is 10.1. The molecule has 3 amide bonds. The van der Waals surface area contributed by atoms with E-state index < -0.39 is 5.91 Å². The lowest BCUT2D eigenvalue weighted by molar-refractivity contribution is -0.135. The molecular formula is C51H44ClN11O3S. The minimum Gasteiger partial charge on any atom is -0.330 e. The van der Waals surface area contributed by atoms with Crippen molar-refractivity contribution in [2.75, 3.05) is 17.3 Å². The maximum Gasteiger partial charge on any atom is 0.275 e. The van der Waals surface area contributed by atoms with Crippen LogP contribution in [0.5, 0.6) is 0 Å². The normalized spacial score (nSPS) is 12.6. The van der Waals surface area contributed by atoms with Crippen LogP contribution in [0.25, 0.3) is 49.4 Å². The number of nitrogens with two attached hydrogens (primary N) is 1. The third-order valence-corrected chi connectivity index (χ3v) is 12.5. The highest BCUT2D eigenvalue weighted by molar-refractivity contribution is 7.13. The predicted molar refractivity (Wildman–Crippen MR) is 264 cm³/mol. The molecule has 1 aliphatic carbocycles. The van der Waals surface area contributed by atoms with Crippen molar-refractivity contribution in [1.82, 2.24) is 39.3 Å². The molecule has 3 aromatic carbocycles. The van der Waals surface area contributed by atoms with E-state index in [2.05, 4.69) is 72.1 Å². The van der Waals surface area contributed by atoms with Crippen LogP contribution in [0.3, 0.4) is 0 Å². The van der Waals surface area contributed by atoms with E-state index in [0.29, 0.717) is 34.3 Å². The average Bonchev–Trinajstić information content (AvgIpc) is 4.14. The van der Waals surface area contributed by atoms with Gasteiger partial charge in [-0.25, -0.2) is 19.9 Å². The van der Waals surface area contributed by atoms with Crippen molar-refractivity contribution < 1.29 is 14.4 Å². The highest BCUT2D eigenvalue weighted by atomic mass is 35.5. The molecule has 0 unspecified atom stereocenters. The smallest absolute Gasteiger partial charge is 0.275 e. The van der Waals surface area contributed by atoms with Crippen molar-refractivity contribution >= 4 is 79.7 Å². The van der Waals surface area contributed by atoms with Gasteiger partial charge < -0.3 is 11.1 Å². The first-order valence-electron chi connectivity index (χ1n) is 21.5. The lowest BCUT2D eigenvalue weighted by Crippen LogP contribution is -2.36. The number of imide groups is 1. The zero-order valence-electron chi connectivity index (χ0n) is 37.0. The zero-order chi connectivity index (χ0) is 46.8. The molecule has 1 aliphatic heterocycles. The molecule has 4 N–H and O–H groups in total. The number of rotatable bonds is 8. The van der Waals surface area contributed by atoms with Crippen LogP contribution in [0.1, 0.15) is 57.3 Å². The Morgan fingerprint density at radius 3 is 2.48 bits per heavy atom. The van der Waals surface area contributed by atoms with E-state index in [1.165, 1.54) is 23.0 Å². The summed E-state index contributed by atoms with van der Waals surface area (Å²) in [7, 11) is 0. The summed E-state index contributed by atoms with van der Waals surface area (Å²) in [6.07, 6.45) is 12.6. The Morgan fingerprint density at radius 2 is 1.72 bits per heavy atom. The van der Waals surface area contributed by atoms with Gasteiger partial charge in [0.2, 0.25) is 0 Å². The Hall–Kier alpha value is -7.72. The van der Waals surface area contributed by atoms with Crippen LogP contribution in [0, 0.1) is 20.8 Å². The number of nitrogens with zero attached hydrogens (tertiary/aromatic N) is 8. The molecule has 0 saturated heterocycles. The molecule has 6 aromatic heterocycles. The minimum atomic E-state index is -0.402. The number of aryl methyl sites for hydroxylation is 4. The molecule has 2 aliphatic rings. The van der Waals surface area contributed by atoms with Crippen LogP contribution in [0.2, 0.25) is 5.02 Å². The van der Waals surface area contributed by atoms with Crippen molar-refractivity contribution in [2.24, 2.45) is 5.73 Å². The standard InChI is InChI=1S/C18H12ClN3O.C18H14N4O2S.C15H18N4/c19-13-7-15-14-3-5-21-10-12(14)6-16(15)17(8-13)22-18(23)11-2-1-4-20-9-11;1-10-5-3-6-12-15(10)17(20-16(19-12)13-7-4-8-25-13)21-22-14(23)9-11(2)18(22)24;1-10-5-6-12-14(8-10)19-11(2)9-17-15(19)13(18-12)4-3-7-16/h1-5,7-10H,6H2,(H,22,23);3-9H,1-2H3,(H,19,20,21);5-6,8-9H,3-4,7,16H2,1-2H3. The van der Waals surface area contributed by atoms with E-state index in [0.717, 1.165) is 102 Å². The van der Waals surface area contributed by atoms with E-state index in [1.54, 1.807) is 43.7 Å². The minimum absolute atomic E-state index is 0.198. The number of benzene rings is 3. The Bertz CT molecular complexity index is 3410. The first-order valence-corrected chi connectivity index (χ1v) is 22.8. The monoisotopic (exact) mass is 925 g/mol. The Kier molecular flexibility index (Phi) is 12.6. The van der Waals surface area contributed by atoms with Crippen LogP contribution >= 0.6 is 22.9 Å². The van der Waals surface area contributed by atoms with Crippen molar-refractivity contribution in [3.8, 4) is 21.8 Å². The van der Waals surface area contributed by atoms with Crippen molar-refractivity contribution in [3.63, 3.8) is 0 Å². The number of hydrogen-bond donors (Lipinski definition) is 3. The van der Waals surface area contributed by atoms with E-state index in [-0.39, 0.29) is 11.8 Å². The fraction of sp³-hybridized carbons (Fsp3) is 0.157. The number of imidazole rings is 1. The van der Waals surface area contributed by atoms with Gasteiger partial charge in [0, 0.05) is 70.8 Å². The number of carbonyl (C=O) groups is 3. The van der Waals surface area contributed by atoms with Crippen LogP contribution in [-0.4, -0.2) is 63.6 Å². The van der Waals surface area contributed by atoms with Crippen LogP contribution in [-0.2, 0) is 22.4 Å². The summed E-state index contributed by atoms with van der Waals surface area (Å²) in [4.78, 5) is 64.2. The van der Waals surface area contributed by atoms with Gasteiger partial charge in [-0.1, -0.05) is 35.9 Å².